The normalized spacial score (nSPS) is 13.7. The molecule has 2 aliphatic carbocycles. The first kappa shape index (κ1) is 74.7. The molecule has 0 aliphatic heterocycles. The van der Waals surface area contributed by atoms with Crippen molar-refractivity contribution in [2.24, 2.45) is 0 Å². The molecule has 608 valence electrons. The number of anilines is 6. The van der Waals surface area contributed by atoms with Crippen LogP contribution < -0.4 is 9.80 Å². The van der Waals surface area contributed by atoms with Crippen LogP contribution >= 0.6 is 0 Å². The average molecular weight is 1660 g/mol. The molecule has 130 heavy (non-hydrogen) atoms. The zero-order valence-electron chi connectivity index (χ0n) is 71.6. The second kappa shape index (κ2) is 29.5. The first-order valence-corrected chi connectivity index (χ1v) is 45.1. The van der Waals surface area contributed by atoms with Crippen molar-refractivity contribution in [1.82, 2.24) is 0 Å². The largest absolute Gasteiger partial charge is 0.455 e. The van der Waals surface area contributed by atoms with E-state index < -0.39 is 5.41 Å². The molecule has 0 bridgehead atoms. The van der Waals surface area contributed by atoms with Crippen molar-refractivity contribution in [2.75, 3.05) is 9.80 Å². The third-order valence-electron chi connectivity index (χ3n) is 28.3. The van der Waals surface area contributed by atoms with Crippen LogP contribution in [0.5, 0.6) is 0 Å². The van der Waals surface area contributed by atoms with Gasteiger partial charge in [0.05, 0.1) is 5.41 Å². The molecule has 0 saturated heterocycles. The summed E-state index contributed by atoms with van der Waals surface area (Å²) in [5.74, 6) is 0. The van der Waals surface area contributed by atoms with Crippen LogP contribution in [0, 0.1) is 0 Å². The standard InChI is InChI=1S/C126H82N2O2/c1-125(2)114-76-92(79-22-6-3-7-23-79)55-67-108(114)109-68-65-101(77-115(109)125)128(99-62-52-83(53-63-99)81-40-44-88(45-41-81)112-75-94-27-15-19-35-106(94)122-120-104-33-17-13-25-86(104)57-71-118(120)130-124(112)122)100-64-54-90-72-89(46-47-91(90)73-100)84-48-58-96(59-49-84)126(95-28-8-4-9-29-95)113-37-21-20-36-107(113)110-69-66-102(78-116(110)126)127(97-30-10-5-11-31-97)98-60-50-82(51-61-98)80-38-42-87(43-39-80)111-74-93-26-14-18-34-105(93)121-119-103-32-16-12-24-85(103)56-70-117(119)129-123(111)121/h3-78H,1-2H3. The lowest BCUT2D eigenvalue weighted by Gasteiger charge is -2.35. The first-order valence-electron chi connectivity index (χ1n) is 45.1. The molecule has 0 saturated carbocycles. The van der Waals surface area contributed by atoms with Crippen molar-refractivity contribution in [3.05, 3.63) is 494 Å². The Bertz CT molecular complexity index is 8710. The summed E-state index contributed by atoms with van der Waals surface area (Å²) in [6.45, 7) is 4.78. The maximum atomic E-state index is 6.90. The van der Waals surface area contributed by atoms with Crippen molar-refractivity contribution in [1.29, 1.82) is 0 Å². The van der Waals surface area contributed by atoms with E-state index in [1.807, 2.05) is 0 Å². The van der Waals surface area contributed by atoms with E-state index in [0.29, 0.717) is 0 Å². The summed E-state index contributed by atoms with van der Waals surface area (Å²) in [5, 5.41) is 16.5. The average Bonchev–Trinajstić information content (AvgIpc) is 1.11. The lowest BCUT2D eigenvalue weighted by Crippen LogP contribution is -2.28. The molecule has 22 aromatic carbocycles. The quantitative estimate of drug-likeness (QED) is 0.109. The molecule has 1 atom stereocenters. The fourth-order valence-corrected chi connectivity index (χ4v) is 22.0. The Kier molecular flexibility index (Phi) is 17.0. The topological polar surface area (TPSA) is 32.8 Å². The molecular formula is C126H82N2O2. The highest BCUT2D eigenvalue weighted by atomic mass is 16.3. The number of fused-ring (bicyclic) bond motifs is 21. The van der Waals surface area contributed by atoms with Gasteiger partial charge in [-0.25, -0.2) is 0 Å². The number of nitrogens with zero attached hydrogens (tertiary/aromatic N) is 2. The van der Waals surface area contributed by atoms with Crippen LogP contribution in [0.25, 0.3) is 187 Å². The molecule has 24 aromatic rings. The van der Waals surface area contributed by atoms with Gasteiger partial charge < -0.3 is 18.6 Å². The van der Waals surface area contributed by atoms with E-state index in [9.17, 15) is 0 Å². The van der Waals surface area contributed by atoms with Gasteiger partial charge >= 0.3 is 0 Å². The van der Waals surface area contributed by atoms with Gasteiger partial charge in [-0.15, -0.1) is 0 Å². The lowest BCUT2D eigenvalue weighted by atomic mass is 9.67. The molecule has 1 unspecified atom stereocenters. The smallest absolute Gasteiger partial charge is 0.143 e. The number of benzene rings is 22. The van der Waals surface area contributed by atoms with Crippen LogP contribution in [-0.4, -0.2) is 0 Å². The van der Waals surface area contributed by atoms with Crippen molar-refractivity contribution >= 4 is 132 Å². The second-order valence-electron chi connectivity index (χ2n) is 35.7. The molecule has 0 fully saturated rings. The summed E-state index contributed by atoms with van der Waals surface area (Å²) in [7, 11) is 0. The van der Waals surface area contributed by atoms with Gasteiger partial charge in [-0.05, 0) is 274 Å². The molecule has 4 nitrogen and oxygen atoms in total. The van der Waals surface area contributed by atoms with Gasteiger partial charge in [0, 0.05) is 72.2 Å². The van der Waals surface area contributed by atoms with E-state index in [1.54, 1.807) is 0 Å². The fraction of sp³-hybridized carbons (Fsp3) is 0.0317. The molecule has 0 radical (unpaired) electrons. The Morgan fingerprint density at radius 1 is 0.185 bits per heavy atom. The lowest BCUT2D eigenvalue weighted by molar-refractivity contribution is 0.660. The molecule has 0 amide bonds. The van der Waals surface area contributed by atoms with Gasteiger partial charge in [0.25, 0.3) is 0 Å². The predicted molar refractivity (Wildman–Crippen MR) is 545 cm³/mol. The summed E-state index contributed by atoms with van der Waals surface area (Å²) < 4.78 is 13.8. The molecular weight excluding hydrogens is 1570 g/mol. The predicted octanol–water partition coefficient (Wildman–Crippen LogP) is 34.9. The third-order valence-corrected chi connectivity index (χ3v) is 28.3. The van der Waals surface area contributed by atoms with E-state index in [-0.39, 0.29) is 5.41 Å². The van der Waals surface area contributed by atoms with Crippen LogP contribution in [0.2, 0.25) is 0 Å². The van der Waals surface area contributed by atoms with Crippen LogP contribution in [0.1, 0.15) is 47.2 Å². The fourth-order valence-electron chi connectivity index (χ4n) is 22.0. The Morgan fingerprint density at radius 3 is 1.08 bits per heavy atom. The second-order valence-corrected chi connectivity index (χ2v) is 35.7. The number of rotatable bonds is 14. The number of para-hydroxylation sites is 1. The van der Waals surface area contributed by atoms with Gasteiger partial charge in [0.2, 0.25) is 0 Å². The summed E-state index contributed by atoms with van der Waals surface area (Å²) in [5.41, 5.74) is 35.5. The third kappa shape index (κ3) is 11.8. The van der Waals surface area contributed by atoms with Crippen molar-refractivity contribution in [3.63, 3.8) is 0 Å². The highest BCUT2D eigenvalue weighted by Gasteiger charge is 2.47. The van der Waals surface area contributed by atoms with Crippen molar-refractivity contribution in [3.8, 4) is 89.0 Å². The van der Waals surface area contributed by atoms with Crippen LogP contribution in [0.3, 0.4) is 0 Å². The van der Waals surface area contributed by atoms with Gasteiger partial charge in [0.15, 0.2) is 0 Å². The van der Waals surface area contributed by atoms with Crippen LogP contribution in [0.15, 0.2) is 470 Å². The number of hydrogen-bond acceptors (Lipinski definition) is 4. The summed E-state index contributed by atoms with van der Waals surface area (Å²) in [4.78, 5) is 4.86. The van der Waals surface area contributed by atoms with E-state index in [1.165, 1.54) is 110 Å². The highest BCUT2D eigenvalue weighted by molar-refractivity contribution is 6.30. The zero-order valence-corrected chi connectivity index (χ0v) is 71.6. The van der Waals surface area contributed by atoms with Gasteiger partial charge in [0.1, 0.15) is 22.3 Å². The summed E-state index contributed by atoms with van der Waals surface area (Å²) in [6, 6.07) is 171. The summed E-state index contributed by atoms with van der Waals surface area (Å²) >= 11 is 0. The Morgan fingerprint density at radius 2 is 0.515 bits per heavy atom. The summed E-state index contributed by atoms with van der Waals surface area (Å²) in [6.07, 6.45) is 0. The van der Waals surface area contributed by atoms with Gasteiger partial charge in [-0.1, -0.05) is 366 Å². The highest BCUT2D eigenvalue weighted by Crippen LogP contribution is 2.59. The molecule has 2 aliphatic rings. The van der Waals surface area contributed by atoms with E-state index in [4.69, 9.17) is 8.83 Å². The molecule has 26 rings (SSSR count). The zero-order chi connectivity index (χ0) is 85.9. The molecule has 0 spiro atoms. The molecule has 0 N–H and O–H groups in total. The minimum Gasteiger partial charge on any atom is -0.455 e. The van der Waals surface area contributed by atoms with Crippen molar-refractivity contribution < 1.29 is 8.83 Å². The van der Waals surface area contributed by atoms with Gasteiger partial charge in [-0.2, -0.15) is 0 Å². The SMILES string of the molecule is CC1(C)c2cc(-c3ccccc3)ccc2-c2ccc(N(c3ccc(-c4ccc(-c5cc6ccccc6c6c5oc5ccc7ccccc7c56)cc4)cc3)c3ccc4cc(-c5ccc(C6(c7ccccc7)c7ccccc7-c7ccc(N(c8ccccc8)c8ccc(-c9ccc(-c%10cc%11ccccc%11c%11c%10oc%10ccc%12ccccc%12c%10%11)cc9)cc8)cc76)cc5)ccc4c3)cc21. The van der Waals surface area contributed by atoms with Crippen molar-refractivity contribution in [2.45, 2.75) is 24.7 Å². The Hall–Kier alpha value is -16.7. The Balaban J connectivity index is 0.530. The monoisotopic (exact) mass is 1650 g/mol. The molecule has 2 heterocycles. The van der Waals surface area contributed by atoms with E-state index in [0.717, 1.165) is 144 Å². The Labute approximate surface area is 753 Å². The number of furan rings is 2. The van der Waals surface area contributed by atoms with Crippen LogP contribution in [0.4, 0.5) is 34.1 Å². The molecule has 4 heteroatoms. The maximum absolute atomic E-state index is 6.90. The van der Waals surface area contributed by atoms with Crippen LogP contribution in [-0.2, 0) is 10.8 Å². The first-order chi connectivity index (χ1) is 64.2. The minimum atomic E-state index is -0.666. The minimum absolute atomic E-state index is 0.261. The molecule has 2 aromatic heterocycles. The van der Waals surface area contributed by atoms with E-state index >= 15 is 0 Å². The number of hydrogen-bond donors (Lipinski definition) is 0. The van der Waals surface area contributed by atoms with E-state index in [2.05, 4.69) is 485 Å². The van der Waals surface area contributed by atoms with Gasteiger partial charge in [-0.3, -0.25) is 0 Å². The maximum Gasteiger partial charge on any atom is 0.143 e.